The Kier molecular flexibility index (Phi) is 5.96. The van der Waals surface area contributed by atoms with Gasteiger partial charge in [0.1, 0.15) is 17.1 Å². The summed E-state index contributed by atoms with van der Waals surface area (Å²) in [6, 6.07) is 0. The first-order valence-electron chi connectivity index (χ1n) is 4.93. The number of aromatic nitrogens is 1. The maximum Gasteiger partial charge on any atom is 0.301 e. The van der Waals surface area contributed by atoms with Crippen LogP contribution in [0.3, 0.4) is 0 Å². The molecule has 112 valence electrons. The molecular formula is C9H8ClF3N2O3S2. The lowest BCUT2D eigenvalue weighted by atomic mass is 10.4. The Morgan fingerprint density at radius 2 is 2.15 bits per heavy atom. The molecule has 0 atom stereocenters. The molecule has 0 aromatic carbocycles. The number of allylic oxidation sites excluding steroid dienone is 1. The number of halogens is 4. The van der Waals surface area contributed by atoms with Crippen LogP contribution in [0.15, 0.2) is 21.4 Å². The fraction of sp³-hybridized carbons (Fsp3) is 0.333. The SMILES string of the molecule is CO/N=C/c1nc(S(=O)(=O)CCC(F)=C(F)F)sc1Cl. The van der Waals surface area contributed by atoms with Crippen LogP contribution in [0.5, 0.6) is 0 Å². The lowest BCUT2D eigenvalue weighted by Gasteiger charge is -1.98. The standard InChI is InChI=1S/C9H8ClF3N2O3S2/c1-18-14-4-6-7(10)19-9(15-6)20(16,17)3-2-5(11)8(12)13/h4H,2-3H2,1H3/b14-4+. The van der Waals surface area contributed by atoms with Gasteiger partial charge in [-0.1, -0.05) is 28.1 Å². The summed E-state index contributed by atoms with van der Waals surface area (Å²) in [5.74, 6) is -2.60. The molecular weight excluding hydrogens is 341 g/mol. The molecule has 0 aliphatic heterocycles. The van der Waals surface area contributed by atoms with Crippen molar-refractivity contribution >= 4 is 39.0 Å². The first-order chi connectivity index (χ1) is 9.27. The summed E-state index contributed by atoms with van der Waals surface area (Å²) in [5, 5.41) is 3.37. The predicted molar refractivity (Wildman–Crippen MR) is 68.7 cm³/mol. The van der Waals surface area contributed by atoms with Crippen LogP contribution >= 0.6 is 22.9 Å². The molecule has 0 amide bonds. The van der Waals surface area contributed by atoms with Crippen molar-refractivity contribution in [1.29, 1.82) is 0 Å². The van der Waals surface area contributed by atoms with Gasteiger partial charge in [-0.25, -0.2) is 17.8 Å². The van der Waals surface area contributed by atoms with Crippen LogP contribution in [0.1, 0.15) is 12.1 Å². The van der Waals surface area contributed by atoms with Crippen LogP contribution in [-0.4, -0.2) is 32.5 Å². The first-order valence-corrected chi connectivity index (χ1v) is 7.78. The zero-order valence-corrected chi connectivity index (χ0v) is 12.3. The van der Waals surface area contributed by atoms with Gasteiger partial charge in [-0.05, 0) is 0 Å². The molecule has 0 saturated heterocycles. The minimum Gasteiger partial charge on any atom is -0.399 e. The van der Waals surface area contributed by atoms with E-state index in [1.165, 1.54) is 7.11 Å². The summed E-state index contributed by atoms with van der Waals surface area (Å²) in [6.07, 6.45) is -2.37. The molecule has 0 aliphatic carbocycles. The highest BCUT2D eigenvalue weighted by atomic mass is 35.5. The second-order valence-corrected chi connectivity index (χ2v) is 7.17. The highest BCUT2D eigenvalue weighted by Crippen LogP contribution is 2.28. The molecule has 1 heterocycles. The summed E-state index contributed by atoms with van der Waals surface area (Å²) < 4.78 is 59.5. The van der Waals surface area contributed by atoms with E-state index in [1.54, 1.807) is 0 Å². The van der Waals surface area contributed by atoms with Gasteiger partial charge in [0.2, 0.25) is 14.2 Å². The molecule has 20 heavy (non-hydrogen) atoms. The monoisotopic (exact) mass is 348 g/mol. The van der Waals surface area contributed by atoms with Crippen LogP contribution in [-0.2, 0) is 14.7 Å². The van der Waals surface area contributed by atoms with Crippen LogP contribution < -0.4 is 0 Å². The molecule has 0 bridgehead atoms. The molecule has 0 saturated carbocycles. The van der Waals surface area contributed by atoms with Crippen LogP contribution in [0.2, 0.25) is 4.34 Å². The Labute approximate surface area is 121 Å². The predicted octanol–water partition coefficient (Wildman–Crippen LogP) is 3.02. The summed E-state index contributed by atoms with van der Waals surface area (Å²) in [4.78, 5) is 8.07. The molecule has 1 aromatic heterocycles. The van der Waals surface area contributed by atoms with E-state index in [4.69, 9.17) is 11.6 Å². The van der Waals surface area contributed by atoms with Gasteiger partial charge in [-0.3, -0.25) is 0 Å². The molecule has 1 aromatic rings. The van der Waals surface area contributed by atoms with E-state index in [2.05, 4.69) is 15.0 Å². The Bertz CT molecular complexity index is 639. The van der Waals surface area contributed by atoms with Crippen molar-refractivity contribution in [2.45, 2.75) is 10.8 Å². The van der Waals surface area contributed by atoms with Crippen LogP contribution in [0, 0.1) is 0 Å². The van der Waals surface area contributed by atoms with Crippen molar-refractivity contribution < 1.29 is 26.4 Å². The number of rotatable bonds is 6. The number of sulfone groups is 1. The van der Waals surface area contributed by atoms with E-state index in [-0.39, 0.29) is 10.0 Å². The van der Waals surface area contributed by atoms with Crippen molar-refractivity contribution in [3.05, 3.63) is 21.9 Å². The largest absolute Gasteiger partial charge is 0.399 e. The van der Waals surface area contributed by atoms with Gasteiger partial charge in [0.05, 0.1) is 12.0 Å². The van der Waals surface area contributed by atoms with Crippen molar-refractivity contribution in [3.63, 3.8) is 0 Å². The van der Waals surface area contributed by atoms with Gasteiger partial charge in [-0.2, -0.15) is 8.78 Å². The molecule has 0 fully saturated rings. The Morgan fingerprint density at radius 1 is 1.50 bits per heavy atom. The zero-order valence-electron chi connectivity index (χ0n) is 9.94. The topological polar surface area (TPSA) is 68.6 Å². The zero-order chi connectivity index (χ0) is 15.3. The van der Waals surface area contributed by atoms with E-state index in [0.717, 1.165) is 6.21 Å². The van der Waals surface area contributed by atoms with Crippen LogP contribution in [0.25, 0.3) is 0 Å². The maximum absolute atomic E-state index is 12.6. The quantitative estimate of drug-likeness (QED) is 0.585. The molecule has 11 heteroatoms. The second kappa shape index (κ2) is 7.04. The normalized spacial score (nSPS) is 11.8. The van der Waals surface area contributed by atoms with Crippen molar-refractivity contribution in [3.8, 4) is 0 Å². The second-order valence-electron chi connectivity index (χ2n) is 3.29. The highest BCUT2D eigenvalue weighted by molar-refractivity contribution is 7.93. The summed E-state index contributed by atoms with van der Waals surface area (Å²) in [5.41, 5.74) is 0.0600. The van der Waals surface area contributed by atoms with E-state index in [0.29, 0.717) is 11.3 Å². The van der Waals surface area contributed by atoms with Crippen molar-refractivity contribution in [1.82, 2.24) is 4.98 Å². The maximum atomic E-state index is 12.6. The third-order valence-corrected chi connectivity index (χ3v) is 5.39. The molecule has 5 nitrogen and oxygen atoms in total. The molecule has 0 unspecified atom stereocenters. The average Bonchev–Trinajstić information content (AvgIpc) is 2.75. The fourth-order valence-corrected chi connectivity index (χ4v) is 3.83. The van der Waals surface area contributed by atoms with Gasteiger partial charge in [0, 0.05) is 6.42 Å². The van der Waals surface area contributed by atoms with E-state index < -0.39 is 38.3 Å². The van der Waals surface area contributed by atoms with Gasteiger partial charge >= 0.3 is 6.08 Å². The number of hydrogen-bond acceptors (Lipinski definition) is 6. The van der Waals surface area contributed by atoms with E-state index in [1.807, 2.05) is 0 Å². The molecule has 1 rings (SSSR count). The summed E-state index contributed by atoms with van der Waals surface area (Å²) in [7, 11) is -2.73. The Hall–Kier alpha value is -1.13. The fourth-order valence-electron chi connectivity index (χ4n) is 1.02. The number of nitrogens with zero attached hydrogens (tertiary/aromatic N) is 2. The van der Waals surface area contributed by atoms with Gasteiger partial charge < -0.3 is 4.84 Å². The van der Waals surface area contributed by atoms with E-state index in [9.17, 15) is 21.6 Å². The van der Waals surface area contributed by atoms with Crippen molar-refractivity contribution in [2.24, 2.45) is 5.16 Å². The highest BCUT2D eigenvalue weighted by Gasteiger charge is 2.22. The molecule has 0 radical (unpaired) electrons. The van der Waals surface area contributed by atoms with Crippen molar-refractivity contribution in [2.75, 3.05) is 12.9 Å². The van der Waals surface area contributed by atoms with Crippen LogP contribution in [0.4, 0.5) is 13.2 Å². The van der Waals surface area contributed by atoms with Gasteiger partial charge in [-0.15, -0.1) is 0 Å². The molecule has 0 N–H and O–H groups in total. The number of hydrogen-bond donors (Lipinski definition) is 0. The van der Waals surface area contributed by atoms with Gasteiger partial charge in [0.15, 0.2) is 5.83 Å². The summed E-state index contributed by atoms with van der Waals surface area (Å²) in [6.45, 7) is 0. The lowest BCUT2D eigenvalue weighted by Crippen LogP contribution is -2.07. The van der Waals surface area contributed by atoms with E-state index >= 15 is 0 Å². The number of oxime groups is 1. The Morgan fingerprint density at radius 3 is 2.70 bits per heavy atom. The molecule has 0 spiro atoms. The minimum atomic E-state index is -4.00. The van der Waals surface area contributed by atoms with Gasteiger partial charge in [0.25, 0.3) is 0 Å². The smallest absolute Gasteiger partial charge is 0.301 e. The number of thiazole rings is 1. The first kappa shape index (κ1) is 16.9. The Balaban J connectivity index is 2.94. The average molecular weight is 349 g/mol. The summed E-state index contributed by atoms with van der Waals surface area (Å²) >= 11 is 6.37. The lowest BCUT2D eigenvalue weighted by molar-refractivity contribution is 0.215. The third kappa shape index (κ3) is 4.46. The third-order valence-electron chi connectivity index (χ3n) is 1.93. The molecule has 0 aliphatic rings. The minimum absolute atomic E-state index is 0.0389.